The smallest absolute Gasteiger partial charge is 0.343 e. The molecule has 4 nitrogen and oxygen atoms in total. The van der Waals surface area contributed by atoms with E-state index in [1.54, 1.807) is 0 Å². The van der Waals surface area contributed by atoms with Gasteiger partial charge in [-0.25, -0.2) is 4.39 Å². The maximum absolute atomic E-state index is 13.4. The van der Waals surface area contributed by atoms with Gasteiger partial charge in [-0.15, -0.1) is 23.2 Å². The first-order valence-corrected chi connectivity index (χ1v) is 10.8. The molecule has 2 aromatic rings. The van der Waals surface area contributed by atoms with Crippen molar-refractivity contribution in [2.45, 2.75) is 22.6 Å². The molecule has 2 N–H and O–H groups in total. The summed E-state index contributed by atoms with van der Waals surface area (Å²) in [5, 5.41) is 2.09. The monoisotopic (exact) mass is 584 g/mol. The Labute approximate surface area is 212 Å². The third-order valence-corrected chi connectivity index (χ3v) is 6.62. The van der Waals surface area contributed by atoms with Gasteiger partial charge < -0.3 is 10.6 Å². The van der Waals surface area contributed by atoms with E-state index in [1.807, 2.05) is 0 Å². The summed E-state index contributed by atoms with van der Waals surface area (Å²) in [6.45, 7) is -1.83. The number of benzene rings is 2. The second-order valence-corrected chi connectivity index (χ2v) is 9.70. The van der Waals surface area contributed by atoms with Crippen LogP contribution in [0, 0.1) is 11.7 Å². The second-order valence-electron chi connectivity index (χ2n) is 7.47. The minimum absolute atomic E-state index is 0.278. The molecule has 35 heavy (non-hydrogen) atoms. The van der Waals surface area contributed by atoms with Crippen LogP contribution in [-0.4, -0.2) is 28.9 Å². The maximum atomic E-state index is 13.4. The summed E-state index contributed by atoms with van der Waals surface area (Å²) in [6, 6.07) is 4.54. The first-order valence-electron chi connectivity index (χ1n) is 9.32. The lowest BCUT2D eigenvalue weighted by Crippen LogP contribution is -2.34. The standard InChI is InChI=1S/C20H11Cl4F7N2O2/c21-11-3-7(1-2-12(11)25)13-14(19(13,23)24)17(35)33-8-4-9(16(34)32-6-18(26,27)28)15(22)10(5-8)20(29,30)31/h1-5,13-14H,6H2,(H,32,34)(H,33,35)/t13-,14+/m0/s1. The van der Waals surface area contributed by atoms with Gasteiger partial charge >= 0.3 is 12.4 Å². The molecule has 2 amide bonds. The van der Waals surface area contributed by atoms with Crippen molar-refractivity contribution in [1.29, 1.82) is 0 Å². The van der Waals surface area contributed by atoms with Gasteiger partial charge in [-0.05, 0) is 29.8 Å². The lowest BCUT2D eigenvalue weighted by molar-refractivity contribution is -0.137. The van der Waals surface area contributed by atoms with Crippen LogP contribution in [0.1, 0.15) is 27.4 Å². The van der Waals surface area contributed by atoms with Crippen molar-refractivity contribution in [3.63, 3.8) is 0 Å². The number of hydrogen-bond acceptors (Lipinski definition) is 2. The van der Waals surface area contributed by atoms with E-state index < -0.39 is 74.5 Å². The van der Waals surface area contributed by atoms with E-state index >= 15 is 0 Å². The zero-order chi connectivity index (χ0) is 26.5. The number of carbonyl (C=O) groups excluding carboxylic acids is 2. The number of alkyl halides is 8. The minimum Gasteiger partial charge on any atom is -0.343 e. The van der Waals surface area contributed by atoms with Gasteiger partial charge in [0.1, 0.15) is 16.7 Å². The molecular formula is C20H11Cl4F7N2O2. The number of rotatable bonds is 5. The van der Waals surface area contributed by atoms with E-state index in [4.69, 9.17) is 46.4 Å². The highest BCUT2D eigenvalue weighted by molar-refractivity contribution is 6.53. The Kier molecular flexibility index (Phi) is 7.50. The molecule has 0 aliphatic heterocycles. The molecule has 3 rings (SSSR count). The molecule has 1 saturated carbocycles. The summed E-state index contributed by atoms with van der Waals surface area (Å²) in [6.07, 6.45) is -9.96. The number of nitrogens with one attached hydrogen (secondary N) is 2. The van der Waals surface area contributed by atoms with E-state index in [0.717, 1.165) is 6.07 Å². The summed E-state index contributed by atoms with van der Waals surface area (Å²) in [5.74, 6) is -5.41. The first-order chi connectivity index (χ1) is 15.9. The van der Waals surface area contributed by atoms with Crippen LogP contribution in [0.3, 0.4) is 0 Å². The van der Waals surface area contributed by atoms with Crippen molar-refractivity contribution in [2.75, 3.05) is 11.9 Å². The quantitative estimate of drug-likeness (QED) is 0.294. The van der Waals surface area contributed by atoms with Gasteiger partial charge in [-0.2, -0.15) is 26.3 Å². The average Bonchev–Trinajstić information content (AvgIpc) is 3.30. The van der Waals surface area contributed by atoms with Crippen molar-refractivity contribution >= 4 is 63.9 Å². The van der Waals surface area contributed by atoms with E-state index in [2.05, 4.69) is 5.32 Å². The van der Waals surface area contributed by atoms with Crippen LogP contribution in [0.15, 0.2) is 30.3 Å². The molecule has 0 unspecified atom stereocenters. The highest BCUT2D eigenvalue weighted by atomic mass is 35.5. The molecule has 190 valence electrons. The van der Waals surface area contributed by atoms with Gasteiger partial charge in [-0.1, -0.05) is 29.3 Å². The molecular weight excluding hydrogens is 575 g/mol. The van der Waals surface area contributed by atoms with Crippen LogP contribution in [0.5, 0.6) is 0 Å². The molecule has 0 spiro atoms. The van der Waals surface area contributed by atoms with Crippen molar-refractivity contribution < 1.29 is 40.3 Å². The Bertz CT molecular complexity index is 1190. The molecule has 2 atom stereocenters. The molecule has 2 aromatic carbocycles. The minimum atomic E-state index is -5.12. The zero-order valence-corrected chi connectivity index (χ0v) is 19.7. The highest BCUT2D eigenvalue weighted by Gasteiger charge is 2.67. The van der Waals surface area contributed by atoms with E-state index in [0.29, 0.717) is 12.1 Å². The summed E-state index contributed by atoms with van der Waals surface area (Å²) < 4.78 is 89.2. The Morgan fingerprint density at radius 1 is 1.00 bits per heavy atom. The molecule has 0 heterocycles. The van der Waals surface area contributed by atoms with Gasteiger partial charge in [0.15, 0.2) is 0 Å². The van der Waals surface area contributed by atoms with E-state index in [9.17, 15) is 40.3 Å². The number of carbonyl (C=O) groups is 2. The number of halogens is 11. The highest BCUT2D eigenvalue weighted by Crippen LogP contribution is 2.65. The molecule has 0 bridgehead atoms. The van der Waals surface area contributed by atoms with Crippen molar-refractivity contribution in [3.8, 4) is 0 Å². The second kappa shape index (κ2) is 9.49. The topological polar surface area (TPSA) is 58.2 Å². The average molecular weight is 586 g/mol. The summed E-state index contributed by atoms with van der Waals surface area (Å²) in [4.78, 5) is 24.9. The van der Waals surface area contributed by atoms with Gasteiger partial charge in [0.2, 0.25) is 5.91 Å². The largest absolute Gasteiger partial charge is 0.417 e. The molecule has 0 aromatic heterocycles. The first kappa shape index (κ1) is 27.6. The number of hydrogen-bond donors (Lipinski definition) is 2. The zero-order valence-electron chi connectivity index (χ0n) is 16.7. The molecule has 0 saturated heterocycles. The Hall–Kier alpha value is -1.95. The number of anilines is 1. The maximum Gasteiger partial charge on any atom is 0.417 e. The van der Waals surface area contributed by atoms with Crippen LogP contribution in [0.2, 0.25) is 10.0 Å². The fourth-order valence-corrected chi connectivity index (χ4v) is 4.66. The summed E-state index contributed by atoms with van der Waals surface area (Å²) in [7, 11) is 0. The van der Waals surface area contributed by atoms with Crippen molar-refractivity contribution in [2.24, 2.45) is 5.92 Å². The van der Waals surface area contributed by atoms with Crippen LogP contribution in [0.4, 0.5) is 36.4 Å². The fourth-order valence-electron chi connectivity index (χ4n) is 3.34. The molecule has 1 aliphatic carbocycles. The summed E-state index contributed by atoms with van der Waals surface area (Å²) in [5.41, 5.74) is -2.85. The van der Waals surface area contributed by atoms with E-state index in [1.165, 1.54) is 17.4 Å². The Morgan fingerprint density at radius 3 is 2.17 bits per heavy atom. The van der Waals surface area contributed by atoms with Gasteiger partial charge in [-0.3, -0.25) is 9.59 Å². The fraction of sp³-hybridized carbons (Fsp3) is 0.300. The lowest BCUT2D eigenvalue weighted by atomic mass is 10.1. The van der Waals surface area contributed by atoms with Gasteiger partial charge in [0.05, 0.1) is 27.1 Å². The van der Waals surface area contributed by atoms with Gasteiger partial charge in [0, 0.05) is 11.6 Å². The third-order valence-electron chi connectivity index (χ3n) is 4.98. The van der Waals surface area contributed by atoms with E-state index in [-0.39, 0.29) is 10.6 Å². The predicted octanol–water partition coefficient (Wildman–Crippen LogP) is 6.97. The Balaban J connectivity index is 1.90. The lowest BCUT2D eigenvalue weighted by Gasteiger charge is -2.16. The third kappa shape index (κ3) is 6.07. The summed E-state index contributed by atoms with van der Waals surface area (Å²) >= 11 is 23.7. The Morgan fingerprint density at radius 2 is 1.63 bits per heavy atom. The molecule has 1 aliphatic rings. The van der Waals surface area contributed by atoms with Crippen molar-refractivity contribution in [3.05, 3.63) is 62.9 Å². The van der Waals surface area contributed by atoms with Crippen LogP contribution >= 0.6 is 46.4 Å². The van der Waals surface area contributed by atoms with Crippen molar-refractivity contribution in [1.82, 2.24) is 5.32 Å². The molecule has 15 heteroatoms. The van der Waals surface area contributed by atoms with Gasteiger partial charge in [0.25, 0.3) is 5.91 Å². The number of amides is 2. The van der Waals surface area contributed by atoms with Crippen LogP contribution < -0.4 is 10.6 Å². The van der Waals surface area contributed by atoms with Crippen LogP contribution in [-0.2, 0) is 11.0 Å². The molecule has 1 fully saturated rings. The predicted molar refractivity (Wildman–Crippen MR) is 116 cm³/mol. The van der Waals surface area contributed by atoms with Crippen LogP contribution in [0.25, 0.3) is 0 Å². The SMILES string of the molecule is O=C(NCC(F)(F)F)c1cc(NC(=O)[C@H]2[C@H](c3ccc(F)c(Cl)c3)C2(Cl)Cl)cc(C(F)(F)F)c1Cl. The molecule has 0 radical (unpaired) electrons. The normalized spacial score (nSPS) is 19.3.